The molecule has 0 heterocycles. The summed E-state index contributed by atoms with van der Waals surface area (Å²) in [5.74, 6) is 0. The van der Waals surface area contributed by atoms with Gasteiger partial charge in [-0.1, -0.05) is 0 Å². The zero-order valence-corrected chi connectivity index (χ0v) is 6.30. The zero-order chi connectivity index (χ0) is 7.66. The van der Waals surface area contributed by atoms with Crippen LogP contribution in [0.3, 0.4) is 0 Å². The van der Waals surface area contributed by atoms with Gasteiger partial charge in [-0.3, -0.25) is 0 Å². The van der Waals surface area contributed by atoms with Crippen LogP contribution < -0.4 is 5.48 Å². The molecule has 0 aliphatic carbocycles. The van der Waals surface area contributed by atoms with Gasteiger partial charge in [-0.15, -0.1) is 0 Å². The Balaban J connectivity index is 0. The van der Waals surface area contributed by atoms with Gasteiger partial charge in [0.15, 0.2) is 0 Å². The number of ether oxygens (including phenoxy) is 2. The summed E-state index contributed by atoms with van der Waals surface area (Å²) in [5, 5.41) is 8.11. The number of hydrogen-bond acceptors (Lipinski definition) is 4. The number of hydrogen-bond donors (Lipinski definition) is 2. The Morgan fingerprint density at radius 1 is 1.30 bits per heavy atom. The molecular weight excluding hydrogens is 134 g/mol. The van der Waals surface area contributed by atoms with Crippen LogP contribution in [0.25, 0.3) is 0 Å². The van der Waals surface area contributed by atoms with Gasteiger partial charge >= 0.3 is 0 Å². The molecule has 0 amide bonds. The van der Waals surface area contributed by atoms with Crippen molar-refractivity contribution in [2.75, 3.05) is 33.0 Å². The normalized spacial score (nSPS) is 10.2. The SMILES string of the molecule is CCOCCOCCNO.[HH]. The van der Waals surface area contributed by atoms with Gasteiger partial charge in [0.25, 0.3) is 0 Å². The van der Waals surface area contributed by atoms with Gasteiger partial charge in [0.05, 0.1) is 19.8 Å². The van der Waals surface area contributed by atoms with Crippen molar-refractivity contribution in [1.29, 1.82) is 0 Å². The largest absolute Gasteiger partial charge is 0.379 e. The van der Waals surface area contributed by atoms with E-state index in [1.54, 1.807) is 0 Å². The molecule has 0 aliphatic rings. The van der Waals surface area contributed by atoms with E-state index >= 15 is 0 Å². The highest BCUT2D eigenvalue weighted by Gasteiger charge is 1.86. The van der Waals surface area contributed by atoms with Crippen LogP contribution in [0.4, 0.5) is 0 Å². The molecule has 10 heavy (non-hydrogen) atoms. The lowest BCUT2D eigenvalue weighted by molar-refractivity contribution is 0.0409. The molecular formula is C6H17NO3. The van der Waals surface area contributed by atoms with Crippen molar-refractivity contribution in [2.45, 2.75) is 6.92 Å². The second-order valence-corrected chi connectivity index (χ2v) is 1.72. The van der Waals surface area contributed by atoms with Crippen LogP contribution in [-0.4, -0.2) is 38.2 Å². The van der Waals surface area contributed by atoms with Crippen LogP contribution in [0, 0.1) is 0 Å². The molecule has 0 saturated heterocycles. The van der Waals surface area contributed by atoms with E-state index in [9.17, 15) is 0 Å². The Morgan fingerprint density at radius 2 is 2.00 bits per heavy atom. The maximum atomic E-state index is 8.11. The van der Waals surface area contributed by atoms with E-state index in [0.29, 0.717) is 26.4 Å². The van der Waals surface area contributed by atoms with E-state index in [4.69, 9.17) is 14.7 Å². The molecule has 0 bridgehead atoms. The van der Waals surface area contributed by atoms with E-state index in [2.05, 4.69) is 0 Å². The standard InChI is InChI=1S/C6H15NO3.H2/c1-2-9-5-6-10-4-3-7-8;/h7-8H,2-6H2,1H3;1H. The second kappa shape index (κ2) is 8.84. The molecule has 0 aromatic rings. The Kier molecular flexibility index (Phi) is 8.70. The van der Waals surface area contributed by atoms with Gasteiger partial charge < -0.3 is 14.7 Å². The first-order valence-electron chi connectivity index (χ1n) is 3.44. The highest BCUT2D eigenvalue weighted by atomic mass is 16.5. The van der Waals surface area contributed by atoms with Gasteiger partial charge in [-0.05, 0) is 6.92 Å². The number of rotatable bonds is 7. The first-order valence-corrected chi connectivity index (χ1v) is 3.44. The van der Waals surface area contributed by atoms with Gasteiger partial charge in [0.2, 0.25) is 0 Å². The van der Waals surface area contributed by atoms with Crippen molar-refractivity contribution in [3.63, 3.8) is 0 Å². The predicted molar refractivity (Wildman–Crippen MR) is 39.2 cm³/mol. The van der Waals surface area contributed by atoms with Crippen LogP contribution in [0.2, 0.25) is 0 Å². The van der Waals surface area contributed by atoms with Crippen molar-refractivity contribution >= 4 is 0 Å². The first kappa shape index (κ1) is 9.84. The number of hydroxylamine groups is 1. The lowest BCUT2D eigenvalue weighted by atomic mass is 10.7. The smallest absolute Gasteiger partial charge is 0.0701 e. The van der Waals surface area contributed by atoms with E-state index in [0.717, 1.165) is 6.61 Å². The summed E-state index contributed by atoms with van der Waals surface area (Å²) in [6.45, 7) is 4.87. The van der Waals surface area contributed by atoms with Gasteiger partial charge in [-0.25, -0.2) is 5.48 Å². The fraction of sp³-hybridized carbons (Fsp3) is 1.00. The molecule has 4 nitrogen and oxygen atoms in total. The fourth-order valence-corrected chi connectivity index (χ4v) is 0.482. The molecule has 2 N–H and O–H groups in total. The van der Waals surface area contributed by atoms with Crippen LogP contribution in [-0.2, 0) is 9.47 Å². The monoisotopic (exact) mass is 151 g/mol. The maximum absolute atomic E-state index is 8.11. The van der Waals surface area contributed by atoms with Gasteiger partial charge in [0, 0.05) is 14.6 Å². The van der Waals surface area contributed by atoms with E-state index in [1.165, 1.54) is 0 Å². The Hall–Kier alpha value is -0.160. The van der Waals surface area contributed by atoms with E-state index in [1.807, 2.05) is 12.4 Å². The van der Waals surface area contributed by atoms with Crippen molar-refractivity contribution < 1.29 is 16.1 Å². The molecule has 0 radical (unpaired) electrons. The maximum Gasteiger partial charge on any atom is 0.0701 e. The van der Waals surface area contributed by atoms with Gasteiger partial charge in [0.1, 0.15) is 0 Å². The summed E-state index contributed by atoms with van der Waals surface area (Å²) in [6.07, 6.45) is 0. The third kappa shape index (κ3) is 7.84. The van der Waals surface area contributed by atoms with Crippen LogP contribution >= 0.6 is 0 Å². The summed E-state index contributed by atoms with van der Waals surface area (Å²) in [6, 6.07) is 0. The van der Waals surface area contributed by atoms with Crippen molar-refractivity contribution in [3.8, 4) is 0 Å². The van der Waals surface area contributed by atoms with E-state index in [-0.39, 0.29) is 1.43 Å². The molecule has 0 saturated carbocycles. The quantitative estimate of drug-likeness (QED) is 0.405. The minimum atomic E-state index is 0. The molecule has 0 aromatic heterocycles. The first-order chi connectivity index (χ1) is 4.91. The minimum Gasteiger partial charge on any atom is -0.379 e. The summed E-state index contributed by atoms with van der Waals surface area (Å²) >= 11 is 0. The summed E-state index contributed by atoms with van der Waals surface area (Å²) in [4.78, 5) is 0. The summed E-state index contributed by atoms with van der Waals surface area (Å²) in [7, 11) is 0. The third-order valence-electron chi connectivity index (χ3n) is 0.934. The van der Waals surface area contributed by atoms with Crippen LogP contribution in [0.15, 0.2) is 0 Å². The molecule has 0 unspecified atom stereocenters. The van der Waals surface area contributed by atoms with E-state index < -0.39 is 0 Å². The average Bonchev–Trinajstić information content (AvgIpc) is 1.97. The molecule has 4 heteroatoms. The lowest BCUT2D eigenvalue weighted by Gasteiger charge is -2.02. The van der Waals surface area contributed by atoms with Crippen molar-refractivity contribution in [1.82, 2.24) is 5.48 Å². The Morgan fingerprint density at radius 3 is 2.60 bits per heavy atom. The molecule has 0 aliphatic heterocycles. The third-order valence-corrected chi connectivity index (χ3v) is 0.934. The van der Waals surface area contributed by atoms with Crippen LogP contribution in [0.1, 0.15) is 8.35 Å². The Bertz CT molecular complexity index is 57.8. The molecule has 64 valence electrons. The second-order valence-electron chi connectivity index (χ2n) is 1.72. The molecule has 0 spiro atoms. The van der Waals surface area contributed by atoms with Crippen LogP contribution in [0.5, 0.6) is 0 Å². The Labute approximate surface area is 62.6 Å². The predicted octanol–water partition coefficient (Wildman–Crippen LogP) is 0.264. The highest BCUT2D eigenvalue weighted by Crippen LogP contribution is 1.76. The minimum absolute atomic E-state index is 0. The zero-order valence-electron chi connectivity index (χ0n) is 6.30. The summed E-state index contributed by atoms with van der Waals surface area (Å²) < 4.78 is 10.0. The van der Waals surface area contributed by atoms with Crippen molar-refractivity contribution in [3.05, 3.63) is 0 Å². The molecule has 0 rings (SSSR count). The average molecular weight is 151 g/mol. The van der Waals surface area contributed by atoms with Gasteiger partial charge in [-0.2, -0.15) is 0 Å². The fourth-order valence-electron chi connectivity index (χ4n) is 0.482. The topological polar surface area (TPSA) is 50.7 Å². The molecule has 0 fully saturated rings. The number of nitrogens with one attached hydrogen (secondary N) is 1. The highest BCUT2D eigenvalue weighted by molar-refractivity contribution is 4.32. The van der Waals surface area contributed by atoms with Crippen molar-refractivity contribution in [2.24, 2.45) is 0 Å². The lowest BCUT2D eigenvalue weighted by Crippen LogP contribution is -2.16. The molecule has 0 aromatic carbocycles. The summed E-state index contributed by atoms with van der Waals surface area (Å²) in [5.41, 5.74) is 1.99. The molecule has 0 atom stereocenters.